The Bertz CT molecular complexity index is 764. The van der Waals surface area contributed by atoms with Crippen LogP contribution >= 0.6 is 11.8 Å². The van der Waals surface area contributed by atoms with E-state index in [1.165, 1.54) is 16.3 Å². The van der Waals surface area contributed by atoms with Crippen molar-refractivity contribution in [2.75, 3.05) is 5.75 Å². The van der Waals surface area contributed by atoms with Crippen LogP contribution in [0.1, 0.15) is 17.8 Å². The second-order valence-electron chi connectivity index (χ2n) is 5.21. The van der Waals surface area contributed by atoms with Crippen LogP contribution in [-0.4, -0.2) is 25.6 Å². The van der Waals surface area contributed by atoms with Gasteiger partial charge in [-0.1, -0.05) is 54.2 Å². The molecule has 0 saturated carbocycles. The minimum Gasteiger partial charge on any atom is -0.388 e. The van der Waals surface area contributed by atoms with Gasteiger partial charge in [0.2, 0.25) is 0 Å². The normalized spacial score (nSPS) is 11.2. The number of rotatable bonds is 6. The van der Waals surface area contributed by atoms with Crippen LogP contribution in [0.5, 0.6) is 0 Å². The van der Waals surface area contributed by atoms with Crippen LogP contribution in [0, 0.1) is 0 Å². The summed E-state index contributed by atoms with van der Waals surface area (Å²) in [5.41, 5.74) is 1.40. The number of fused-ring (bicyclic) bond motifs is 1. The molecule has 0 amide bonds. The van der Waals surface area contributed by atoms with Gasteiger partial charge in [-0.3, -0.25) is 0 Å². The number of aryl methyl sites for hydroxylation is 1. The second-order valence-corrected chi connectivity index (χ2v) is 6.27. The molecule has 0 aliphatic rings. The van der Waals surface area contributed by atoms with Crippen molar-refractivity contribution in [1.82, 2.24) is 14.8 Å². The van der Waals surface area contributed by atoms with Crippen LogP contribution in [0.3, 0.4) is 0 Å². The molecule has 0 bridgehead atoms. The van der Waals surface area contributed by atoms with E-state index in [1.54, 1.807) is 11.8 Å². The molecule has 0 unspecified atom stereocenters. The second kappa shape index (κ2) is 6.94. The van der Waals surface area contributed by atoms with Crippen LogP contribution in [-0.2, 0) is 20.1 Å². The summed E-state index contributed by atoms with van der Waals surface area (Å²) >= 11 is 1.69. The van der Waals surface area contributed by atoms with Crippen LogP contribution in [0.2, 0.25) is 0 Å². The highest BCUT2D eigenvalue weighted by molar-refractivity contribution is 7.99. The van der Waals surface area contributed by atoms with Crippen molar-refractivity contribution in [1.29, 1.82) is 0 Å². The first-order valence-electron chi connectivity index (χ1n) is 7.38. The van der Waals surface area contributed by atoms with Crippen LogP contribution < -0.4 is 0 Å². The van der Waals surface area contributed by atoms with Crippen molar-refractivity contribution in [2.45, 2.75) is 24.6 Å². The molecule has 4 nitrogen and oxygen atoms in total. The topological polar surface area (TPSA) is 50.9 Å². The molecule has 0 radical (unpaired) electrons. The molecular weight excluding hydrogens is 294 g/mol. The lowest BCUT2D eigenvalue weighted by molar-refractivity contribution is 0.266. The maximum Gasteiger partial charge on any atom is 0.191 e. The summed E-state index contributed by atoms with van der Waals surface area (Å²) < 4.78 is 1.85. The van der Waals surface area contributed by atoms with E-state index in [4.69, 9.17) is 5.11 Å². The quantitative estimate of drug-likeness (QED) is 0.561. The number of hydrogen-bond donors (Lipinski definition) is 1. The van der Waals surface area contributed by atoms with Crippen LogP contribution in [0.25, 0.3) is 10.8 Å². The SMILES string of the molecule is Cn1c(CO)nnc1SCCCc1cccc2ccccc12. The lowest BCUT2D eigenvalue weighted by Gasteiger charge is -2.06. The fourth-order valence-electron chi connectivity index (χ4n) is 2.55. The third-order valence-corrected chi connectivity index (χ3v) is 4.87. The zero-order chi connectivity index (χ0) is 15.4. The van der Waals surface area contributed by atoms with E-state index in [9.17, 15) is 0 Å². The molecule has 2 aromatic carbocycles. The summed E-state index contributed by atoms with van der Waals surface area (Å²) in [5.74, 6) is 1.59. The van der Waals surface area contributed by atoms with E-state index < -0.39 is 0 Å². The van der Waals surface area contributed by atoms with Crippen molar-refractivity contribution < 1.29 is 5.11 Å². The summed E-state index contributed by atoms with van der Waals surface area (Å²) in [6.07, 6.45) is 2.14. The average molecular weight is 313 g/mol. The first-order valence-corrected chi connectivity index (χ1v) is 8.36. The predicted octanol–water partition coefficient (Wildman–Crippen LogP) is 3.19. The molecule has 0 fully saturated rings. The van der Waals surface area contributed by atoms with Gasteiger partial charge < -0.3 is 9.67 Å². The lowest BCUT2D eigenvalue weighted by Crippen LogP contribution is -1.99. The maximum atomic E-state index is 9.12. The molecule has 0 aliphatic carbocycles. The molecular formula is C17H19N3OS. The fraction of sp³-hybridized carbons (Fsp3) is 0.294. The average Bonchev–Trinajstić information content (AvgIpc) is 2.92. The number of hydrogen-bond acceptors (Lipinski definition) is 4. The third kappa shape index (κ3) is 3.15. The Labute approximate surface area is 134 Å². The van der Waals surface area contributed by atoms with Gasteiger partial charge in [-0.05, 0) is 29.2 Å². The zero-order valence-corrected chi connectivity index (χ0v) is 13.4. The number of benzene rings is 2. The van der Waals surface area contributed by atoms with E-state index in [2.05, 4.69) is 52.7 Å². The Morgan fingerprint density at radius 3 is 2.73 bits per heavy atom. The number of thioether (sulfide) groups is 1. The van der Waals surface area contributed by atoms with Crippen molar-refractivity contribution in [3.8, 4) is 0 Å². The highest BCUT2D eigenvalue weighted by atomic mass is 32.2. The first kappa shape index (κ1) is 15.1. The lowest BCUT2D eigenvalue weighted by atomic mass is 10.0. The summed E-state index contributed by atoms with van der Waals surface area (Å²) in [5, 5.41) is 20.7. The van der Waals surface area contributed by atoms with Gasteiger partial charge in [-0.25, -0.2) is 0 Å². The Hall–Kier alpha value is -1.85. The number of aliphatic hydroxyl groups is 1. The molecule has 3 rings (SSSR count). The predicted molar refractivity (Wildman–Crippen MR) is 89.9 cm³/mol. The monoisotopic (exact) mass is 313 g/mol. The molecule has 3 aromatic rings. The van der Waals surface area contributed by atoms with Gasteiger partial charge in [0, 0.05) is 12.8 Å². The minimum atomic E-state index is -0.0694. The minimum absolute atomic E-state index is 0.0694. The number of aromatic nitrogens is 3. The Morgan fingerprint density at radius 1 is 1.09 bits per heavy atom. The smallest absolute Gasteiger partial charge is 0.191 e. The van der Waals surface area contributed by atoms with Gasteiger partial charge in [0.1, 0.15) is 6.61 Å². The van der Waals surface area contributed by atoms with Gasteiger partial charge in [0.05, 0.1) is 0 Å². The van der Waals surface area contributed by atoms with E-state index in [0.29, 0.717) is 5.82 Å². The van der Waals surface area contributed by atoms with E-state index in [0.717, 1.165) is 23.8 Å². The van der Waals surface area contributed by atoms with Crippen LogP contribution in [0.15, 0.2) is 47.6 Å². The molecule has 114 valence electrons. The largest absolute Gasteiger partial charge is 0.388 e. The molecule has 5 heteroatoms. The van der Waals surface area contributed by atoms with Crippen LogP contribution in [0.4, 0.5) is 0 Å². The van der Waals surface area contributed by atoms with Crippen molar-refractivity contribution in [3.63, 3.8) is 0 Å². The molecule has 0 saturated heterocycles. The van der Waals surface area contributed by atoms with Gasteiger partial charge in [-0.2, -0.15) is 0 Å². The molecule has 0 aliphatic heterocycles. The first-order chi connectivity index (χ1) is 10.8. The van der Waals surface area contributed by atoms with Gasteiger partial charge in [0.15, 0.2) is 11.0 Å². The van der Waals surface area contributed by atoms with E-state index in [1.807, 2.05) is 11.6 Å². The molecule has 0 atom stereocenters. The molecule has 1 aromatic heterocycles. The van der Waals surface area contributed by atoms with Gasteiger partial charge >= 0.3 is 0 Å². The Balaban J connectivity index is 1.59. The highest BCUT2D eigenvalue weighted by Gasteiger charge is 2.08. The molecule has 1 heterocycles. The van der Waals surface area contributed by atoms with Crippen molar-refractivity contribution in [2.24, 2.45) is 7.05 Å². The zero-order valence-electron chi connectivity index (χ0n) is 12.6. The number of nitrogens with zero attached hydrogens (tertiary/aromatic N) is 3. The van der Waals surface area contributed by atoms with E-state index in [-0.39, 0.29) is 6.61 Å². The van der Waals surface area contributed by atoms with E-state index >= 15 is 0 Å². The molecule has 1 N–H and O–H groups in total. The summed E-state index contributed by atoms with van der Waals surface area (Å²) in [7, 11) is 1.89. The Kier molecular flexibility index (Phi) is 4.75. The van der Waals surface area contributed by atoms with Gasteiger partial charge in [0.25, 0.3) is 0 Å². The number of aliphatic hydroxyl groups excluding tert-OH is 1. The Morgan fingerprint density at radius 2 is 1.91 bits per heavy atom. The summed E-state index contributed by atoms with van der Waals surface area (Å²) in [6, 6.07) is 15.0. The van der Waals surface area contributed by atoms with Gasteiger partial charge in [-0.15, -0.1) is 10.2 Å². The maximum absolute atomic E-state index is 9.12. The standard InChI is InChI=1S/C17H19N3OS/c1-20-16(12-21)18-19-17(20)22-11-5-9-14-8-4-7-13-6-2-3-10-15(13)14/h2-4,6-8,10,21H,5,9,11-12H2,1H3. The summed E-state index contributed by atoms with van der Waals surface area (Å²) in [6.45, 7) is -0.0694. The van der Waals surface area contributed by atoms with Crippen molar-refractivity contribution in [3.05, 3.63) is 53.9 Å². The highest BCUT2D eigenvalue weighted by Crippen LogP contribution is 2.22. The molecule has 0 spiro atoms. The third-order valence-electron chi connectivity index (χ3n) is 3.77. The fourth-order valence-corrected chi connectivity index (χ4v) is 3.41. The van der Waals surface area contributed by atoms with Crippen molar-refractivity contribution >= 4 is 22.5 Å². The molecule has 22 heavy (non-hydrogen) atoms. The summed E-state index contributed by atoms with van der Waals surface area (Å²) in [4.78, 5) is 0.